The Labute approximate surface area is 112 Å². The molecule has 6 nitrogen and oxygen atoms in total. The van der Waals surface area contributed by atoms with Crippen molar-refractivity contribution in [1.29, 1.82) is 0 Å². The summed E-state index contributed by atoms with van der Waals surface area (Å²) in [7, 11) is -3.10. The van der Waals surface area contributed by atoms with Crippen molar-refractivity contribution in [2.75, 3.05) is 24.7 Å². The summed E-state index contributed by atoms with van der Waals surface area (Å²) in [5.41, 5.74) is 6.85. The molecule has 0 aliphatic rings. The Kier molecular flexibility index (Phi) is 5.45. The van der Waals surface area contributed by atoms with Gasteiger partial charge in [-0.1, -0.05) is 12.2 Å². The van der Waals surface area contributed by atoms with Gasteiger partial charge in [-0.2, -0.15) is 0 Å². The maximum atomic E-state index is 10.8. The monoisotopic (exact) mass is 288 g/mol. The van der Waals surface area contributed by atoms with Gasteiger partial charge in [0.05, 0.1) is 23.8 Å². The number of anilines is 1. The molecule has 0 unspecified atom stereocenters. The molecule has 0 saturated carbocycles. The lowest BCUT2D eigenvalue weighted by Gasteiger charge is -2.06. The lowest BCUT2D eigenvalue weighted by molar-refractivity contribution is 0.586. The van der Waals surface area contributed by atoms with Crippen molar-refractivity contribution in [3.63, 3.8) is 0 Å². The summed E-state index contributed by atoms with van der Waals surface area (Å²) in [4.78, 5) is 4.34. The van der Waals surface area contributed by atoms with E-state index in [0.29, 0.717) is 25.2 Å². The first-order valence-electron chi connectivity index (χ1n) is 5.33. The molecule has 8 heteroatoms. The molecule has 0 atom stereocenters. The van der Waals surface area contributed by atoms with E-state index in [9.17, 15) is 8.42 Å². The van der Waals surface area contributed by atoms with Crippen LogP contribution in [0.2, 0.25) is 0 Å². The SMILES string of the molecule is CS(=O)(=O)NCCCNc1ccc(C(N)=S)nc1. The Balaban J connectivity index is 2.29. The number of rotatable bonds is 7. The summed E-state index contributed by atoms with van der Waals surface area (Å²) in [6.45, 7) is 1.06. The van der Waals surface area contributed by atoms with Crippen LogP contribution in [-0.4, -0.2) is 37.7 Å². The fourth-order valence-corrected chi connectivity index (χ4v) is 1.86. The zero-order chi connectivity index (χ0) is 13.6. The van der Waals surface area contributed by atoms with Crippen LogP contribution in [0, 0.1) is 0 Å². The van der Waals surface area contributed by atoms with Crippen LogP contribution in [0.5, 0.6) is 0 Å². The van der Waals surface area contributed by atoms with E-state index in [0.717, 1.165) is 11.9 Å². The van der Waals surface area contributed by atoms with Crippen LogP contribution < -0.4 is 15.8 Å². The fraction of sp³-hybridized carbons (Fsp3) is 0.400. The van der Waals surface area contributed by atoms with Gasteiger partial charge in [-0.15, -0.1) is 0 Å². The maximum Gasteiger partial charge on any atom is 0.208 e. The zero-order valence-electron chi connectivity index (χ0n) is 10.0. The molecule has 1 aromatic heterocycles. The highest BCUT2D eigenvalue weighted by Gasteiger charge is 2.00. The molecule has 1 aromatic rings. The molecule has 0 saturated heterocycles. The van der Waals surface area contributed by atoms with Crippen LogP contribution in [0.15, 0.2) is 18.3 Å². The zero-order valence-corrected chi connectivity index (χ0v) is 11.6. The summed E-state index contributed by atoms with van der Waals surface area (Å²) >= 11 is 4.79. The van der Waals surface area contributed by atoms with Crippen LogP contribution in [0.25, 0.3) is 0 Å². The average Bonchev–Trinajstić information content (AvgIpc) is 2.27. The Morgan fingerprint density at radius 3 is 2.67 bits per heavy atom. The summed E-state index contributed by atoms with van der Waals surface area (Å²) in [5.74, 6) is 0. The van der Waals surface area contributed by atoms with Crippen molar-refractivity contribution in [1.82, 2.24) is 9.71 Å². The topological polar surface area (TPSA) is 97.1 Å². The standard InChI is InChI=1S/C10H16N4O2S2/c1-18(15,16)14-6-2-5-12-8-3-4-9(10(11)17)13-7-8/h3-4,7,12,14H,2,5-6H2,1H3,(H2,11,17). The van der Waals surface area contributed by atoms with E-state index in [2.05, 4.69) is 15.0 Å². The van der Waals surface area contributed by atoms with Gasteiger partial charge < -0.3 is 11.1 Å². The van der Waals surface area contributed by atoms with E-state index in [-0.39, 0.29) is 4.99 Å². The number of nitrogens with zero attached hydrogens (tertiary/aromatic N) is 1. The van der Waals surface area contributed by atoms with Crippen molar-refractivity contribution in [2.24, 2.45) is 5.73 Å². The molecule has 18 heavy (non-hydrogen) atoms. The molecule has 0 bridgehead atoms. The van der Waals surface area contributed by atoms with Crippen LogP contribution in [0.4, 0.5) is 5.69 Å². The van der Waals surface area contributed by atoms with Crippen molar-refractivity contribution in [2.45, 2.75) is 6.42 Å². The van der Waals surface area contributed by atoms with Gasteiger partial charge in [0.2, 0.25) is 10.0 Å². The van der Waals surface area contributed by atoms with Gasteiger partial charge >= 0.3 is 0 Å². The number of hydrogen-bond acceptors (Lipinski definition) is 5. The van der Waals surface area contributed by atoms with Gasteiger partial charge in [-0.3, -0.25) is 4.98 Å². The van der Waals surface area contributed by atoms with Crippen LogP contribution in [-0.2, 0) is 10.0 Å². The highest BCUT2D eigenvalue weighted by molar-refractivity contribution is 7.88. The fourth-order valence-electron chi connectivity index (χ4n) is 1.22. The Hall–Kier alpha value is -1.25. The summed E-state index contributed by atoms with van der Waals surface area (Å²) in [6, 6.07) is 3.56. The molecule has 0 aliphatic heterocycles. The second-order valence-electron chi connectivity index (χ2n) is 3.74. The van der Waals surface area contributed by atoms with Gasteiger partial charge in [-0.05, 0) is 18.6 Å². The highest BCUT2D eigenvalue weighted by atomic mass is 32.2. The number of sulfonamides is 1. The lowest BCUT2D eigenvalue weighted by Crippen LogP contribution is -2.24. The predicted molar refractivity (Wildman–Crippen MR) is 76.1 cm³/mol. The summed E-state index contributed by atoms with van der Waals surface area (Å²) in [6.07, 6.45) is 3.46. The summed E-state index contributed by atoms with van der Waals surface area (Å²) in [5, 5.41) is 3.12. The van der Waals surface area contributed by atoms with Crippen molar-refractivity contribution in [3.05, 3.63) is 24.0 Å². The third-order valence-corrected chi connectivity index (χ3v) is 3.00. The van der Waals surface area contributed by atoms with Gasteiger partial charge in [0.25, 0.3) is 0 Å². The van der Waals surface area contributed by atoms with Crippen LogP contribution in [0.3, 0.4) is 0 Å². The van der Waals surface area contributed by atoms with Gasteiger partial charge in [0.1, 0.15) is 4.99 Å². The molecule has 1 rings (SSSR count). The number of pyridine rings is 1. The largest absolute Gasteiger partial charge is 0.388 e. The Bertz CT molecular complexity index is 499. The number of aromatic nitrogens is 1. The van der Waals surface area contributed by atoms with Gasteiger partial charge in [0.15, 0.2) is 0 Å². The molecule has 4 N–H and O–H groups in total. The molecule has 0 radical (unpaired) electrons. The molecule has 0 aliphatic carbocycles. The quantitative estimate of drug-likeness (QED) is 0.485. The molecule has 0 aromatic carbocycles. The first-order chi connectivity index (χ1) is 8.38. The second kappa shape index (κ2) is 6.62. The predicted octanol–water partition coefficient (Wildman–Crippen LogP) is 0.0670. The summed E-state index contributed by atoms with van der Waals surface area (Å²) < 4.78 is 24.0. The molecule has 1 heterocycles. The lowest BCUT2D eigenvalue weighted by atomic mass is 10.3. The maximum absolute atomic E-state index is 10.8. The van der Waals surface area contributed by atoms with Crippen LogP contribution in [0.1, 0.15) is 12.1 Å². The van der Waals surface area contributed by atoms with E-state index >= 15 is 0 Å². The third kappa shape index (κ3) is 5.89. The third-order valence-electron chi connectivity index (χ3n) is 2.06. The smallest absolute Gasteiger partial charge is 0.208 e. The number of thiocarbonyl (C=S) groups is 1. The minimum Gasteiger partial charge on any atom is -0.388 e. The van der Waals surface area contributed by atoms with E-state index in [1.165, 1.54) is 0 Å². The van der Waals surface area contributed by atoms with E-state index in [4.69, 9.17) is 18.0 Å². The highest BCUT2D eigenvalue weighted by Crippen LogP contribution is 2.05. The minimum atomic E-state index is -3.10. The second-order valence-corrected chi connectivity index (χ2v) is 6.02. The van der Waals surface area contributed by atoms with Crippen LogP contribution >= 0.6 is 12.2 Å². The first kappa shape index (κ1) is 14.8. The molecular formula is C10H16N4O2S2. The molecule has 100 valence electrons. The number of nitrogens with one attached hydrogen (secondary N) is 2. The van der Waals surface area contributed by atoms with Gasteiger partial charge in [0, 0.05) is 13.1 Å². The van der Waals surface area contributed by atoms with Gasteiger partial charge in [-0.25, -0.2) is 13.1 Å². The normalized spacial score (nSPS) is 11.2. The van der Waals surface area contributed by atoms with Crippen molar-refractivity contribution < 1.29 is 8.42 Å². The number of hydrogen-bond donors (Lipinski definition) is 3. The Morgan fingerprint density at radius 2 is 2.17 bits per heavy atom. The molecule has 0 amide bonds. The molecule has 0 fully saturated rings. The molecule has 0 spiro atoms. The number of nitrogens with two attached hydrogens (primary N) is 1. The van der Waals surface area contributed by atoms with E-state index in [1.54, 1.807) is 12.3 Å². The first-order valence-corrected chi connectivity index (χ1v) is 7.63. The molecular weight excluding hydrogens is 272 g/mol. The minimum absolute atomic E-state index is 0.263. The Morgan fingerprint density at radius 1 is 1.44 bits per heavy atom. The van der Waals surface area contributed by atoms with Crippen molar-refractivity contribution in [3.8, 4) is 0 Å². The average molecular weight is 288 g/mol. The van der Waals surface area contributed by atoms with E-state index < -0.39 is 10.0 Å². The van der Waals surface area contributed by atoms with E-state index in [1.807, 2.05) is 6.07 Å². The van der Waals surface area contributed by atoms with Crippen molar-refractivity contribution >= 4 is 32.9 Å².